The summed E-state index contributed by atoms with van der Waals surface area (Å²) in [6.07, 6.45) is 2.68. The number of hydrogen-bond donors (Lipinski definition) is 2. The number of hydrogen-bond acceptors (Lipinski definition) is 8. The second-order valence-electron chi connectivity index (χ2n) is 7.21. The number of carboxylic acid groups (broad SMARTS) is 4. The van der Waals surface area contributed by atoms with Crippen molar-refractivity contribution in [2.45, 2.75) is 0 Å². The van der Waals surface area contributed by atoms with E-state index in [2.05, 4.69) is 9.97 Å². The average molecular weight is 624 g/mol. The third-order valence-electron chi connectivity index (χ3n) is 4.82. The van der Waals surface area contributed by atoms with Gasteiger partial charge in [0, 0.05) is 12.4 Å². The Balaban J connectivity index is -0.000000628. The zero-order chi connectivity index (χ0) is 26.2. The number of aromatic nitrogens is 2. The minimum Gasteiger partial charge on any atom is -0.543 e. The van der Waals surface area contributed by atoms with Gasteiger partial charge in [0.1, 0.15) is 0 Å². The molecular formula is C26H26N2O12Zn+2. The first-order chi connectivity index (χ1) is 17.2. The normalized spacial score (nSPS) is 8.78. The van der Waals surface area contributed by atoms with E-state index >= 15 is 0 Å². The molecule has 212 valence electrons. The maximum Gasteiger partial charge on any atom is 2.00 e. The van der Waals surface area contributed by atoms with E-state index in [-0.39, 0.29) is 63.9 Å². The summed E-state index contributed by atoms with van der Waals surface area (Å²) in [7, 11) is 0. The van der Waals surface area contributed by atoms with Crippen molar-refractivity contribution in [1.82, 2.24) is 9.97 Å². The van der Waals surface area contributed by atoms with Crippen LogP contribution in [0.5, 0.6) is 0 Å². The molecule has 4 rings (SSSR count). The van der Waals surface area contributed by atoms with Gasteiger partial charge in [-0.05, 0) is 70.8 Å². The Bertz CT molecular complexity index is 1260. The molecule has 2 aromatic heterocycles. The Kier molecular flexibility index (Phi) is 18.2. The van der Waals surface area contributed by atoms with E-state index in [4.69, 9.17) is 10.2 Å². The summed E-state index contributed by atoms with van der Waals surface area (Å²) in [6, 6.07) is 18.3. The molecule has 12 N–H and O–H groups in total. The van der Waals surface area contributed by atoms with Crippen molar-refractivity contribution >= 4 is 23.9 Å². The maximum atomic E-state index is 10.8. The molecule has 0 spiro atoms. The summed E-state index contributed by atoms with van der Waals surface area (Å²) in [4.78, 5) is 50.4. The number of rotatable bonds is 6. The maximum absolute atomic E-state index is 10.8. The van der Waals surface area contributed by atoms with Crippen LogP contribution in [0.15, 0.2) is 85.2 Å². The van der Waals surface area contributed by atoms with Crippen LogP contribution in [0.3, 0.4) is 0 Å². The number of carbonyl (C=O) groups excluding carboxylic acids is 2. The molecule has 0 aliphatic heterocycles. The molecule has 4 aromatic rings. The summed E-state index contributed by atoms with van der Waals surface area (Å²) >= 11 is 0. The Labute approximate surface area is 244 Å². The number of carboxylic acids is 4. The van der Waals surface area contributed by atoms with Crippen LogP contribution in [0.1, 0.15) is 41.7 Å². The van der Waals surface area contributed by atoms with Crippen LogP contribution in [0.2, 0.25) is 0 Å². The van der Waals surface area contributed by atoms with E-state index in [1.165, 1.54) is 48.8 Å². The third-order valence-corrected chi connectivity index (χ3v) is 4.82. The standard InChI is InChI=1S/2C13H9NO4.4H2O.Zn/c2*15-12(16)10-3-1-2-8(6-10)9-4-5-14-11(7-9)13(17)18;;;;;/h2*1-7H,(H,15,16)(H,17,18);4*1H2;/q;;;;;;+2. The van der Waals surface area contributed by atoms with Crippen LogP contribution >= 0.6 is 0 Å². The molecule has 41 heavy (non-hydrogen) atoms. The van der Waals surface area contributed by atoms with Gasteiger partial charge in [0.2, 0.25) is 0 Å². The molecule has 2 aromatic carbocycles. The predicted octanol–water partition coefficient (Wildman–Crippen LogP) is -1.88. The summed E-state index contributed by atoms with van der Waals surface area (Å²) in [5, 5.41) is 39.1. The molecule has 0 fully saturated rings. The van der Waals surface area contributed by atoms with Gasteiger partial charge in [0.15, 0.2) is 0 Å². The molecule has 15 heteroatoms. The Morgan fingerprint density at radius 3 is 1.17 bits per heavy atom. The number of aromatic carboxylic acids is 4. The topological polar surface area (TPSA) is 310 Å². The molecule has 0 saturated heterocycles. The van der Waals surface area contributed by atoms with Crippen molar-refractivity contribution in [3.63, 3.8) is 0 Å². The molecule has 0 radical (unpaired) electrons. The van der Waals surface area contributed by atoms with Crippen LogP contribution in [-0.2, 0) is 30.4 Å². The van der Waals surface area contributed by atoms with E-state index in [0.29, 0.717) is 22.3 Å². The first-order valence-corrected chi connectivity index (χ1v) is 10.2. The third kappa shape index (κ3) is 11.0. The molecule has 0 unspecified atom stereocenters. The second-order valence-corrected chi connectivity index (χ2v) is 7.21. The first-order valence-electron chi connectivity index (χ1n) is 10.2. The Morgan fingerprint density at radius 2 is 0.878 bits per heavy atom. The number of nitrogens with zero attached hydrogens (tertiary/aromatic N) is 2. The molecule has 0 aliphatic carbocycles. The van der Waals surface area contributed by atoms with Crippen molar-refractivity contribution in [3.05, 3.63) is 108 Å². The van der Waals surface area contributed by atoms with E-state index in [0.717, 1.165) is 0 Å². The monoisotopic (exact) mass is 622 g/mol. The summed E-state index contributed by atoms with van der Waals surface area (Å²) < 4.78 is 0. The number of carbonyl (C=O) groups is 4. The van der Waals surface area contributed by atoms with Crippen molar-refractivity contribution in [3.8, 4) is 22.3 Å². The van der Waals surface area contributed by atoms with Gasteiger partial charge in [-0.3, -0.25) is 9.97 Å². The average Bonchev–Trinajstić information content (AvgIpc) is 2.89. The van der Waals surface area contributed by atoms with Crippen LogP contribution in [-0.4, -0.2) is 55.0 Å². The minimum atomic E-state index is -1.37. The van der Waals surface area contributed by atoms with Crippen molar-refractivity contribution < 1.29 is 81.0 Å². The van der Waals surface area contributed by atoms with Gasteiger partial charge in [-0.1, -0.05) is 24.3 Å². The van der Waals surface area contributed by atoms with Crippen molar-refractivity contribution in [2.24, 2.45) is 0 Å². The van der Waals surface area contributed by atoms with Gasteiger partial charge in [-0.15, -0.1) is 0 Å². The SMILES string of the molecule is O.O.O=C(O)c1cccc(-c2ccnc(C(=O)[O-])c2)c1.O=C(O)c1cccc(-c2ccnc(C(=O)[O-])c2)c1.[OH3+].[OH3+].[Zn+2]. The van der Waals surface area contributed by atoms with Crippen molar-refractivity contribution in [2.75, 3.05) is 0 Å². The van der Waals surface area contributed by atoms with Gasteiger partial charge < -0.3 is 51.9 Å². The fraction of sp³-hybridized carbons (Fsp3) is 0. The van der Waals surface area contributed by atoms with Gasteiger partial charge in [-0.25, -0.2) is 9.59 Å². The molecule has 0 amide bonds. The van der Waals surface area contributed by atoms with Gasteiger partial charge in [0.05, 0.1) is 34.5 Å². The summed E-state index contributed by atoms with van der Waals surface area (Å²) in [5.74, 6) is -4.81. The molecule has 14 nitrogen and oxygen atoms in total. The Morgan fingerprint density at radius 1 is 0.561 bits per heavy atom. The molecule has 0 aliphatic rings. The molecule has 0 bridgehead atoms. The van der Waals surface area contributed by atoms with E-state index in [9.17, 15) is 29.4 Å². The minimum absolute atomic E-state index is 0. The zero-order valence-corrected chi connectivity index (χ0v) is 24.2. The van der Waals surface area contributed by atoms with Crippen LogP contribution in [0.4, 0.5) is 0 Å². The predicted molar refractivity (Wildman–Crippen MR) is 139 cm³/mol. The van der Waals surface area contributed by atoms with Crippen LogP contribution in [0, 0.1) is 0 Å². The number of benzene rings is 2. The van der Waals surface area contributed by atoms with Crippen LogP contribution in [0.25, 0.3) is 22.3 Å². The summed E-state index contributed by atoms with van der Waals surface area (Å²) in [6.45, 7) is 0. The fourth-order valence-corrected chi connectivity index (χ4v) is 3.11. The van der Waals surface area contributed by atoms with E-state index in [1.54, 1.807) is 36.4 Å². The van der Waals surface area contributed by atoms with E-state index < -0.39 is 23.9 Å². The smallest absolute Gasteiger partial charge is 0.543 e. The first kappa shape index (κ1) is 40.6. The summed E-state index contributed by atoms with van der Waals surface area (Å²) in [5.41, 5.74) is 2.28. The molecule has 0 saturated carbocycles. The van der Waals surface area contributed by atoms with Crippen molar-refractivity contribution in [1.29, 1.82) is 0 Å². The largest absolute Gasteiger partial charge is 2.00 e. The second kappa shape index (κ2) is 18.4. The quantitative estimate of drug-likeness (QED) is 0.178. The zero-order valence-electron chi connectivity index (χ0n) is 21.2. The molecular weight excluding hydrogens is 598 g/mol. The molecule has 0 atom stereocenters. The van der Waals surface area contributed by atoms with E-state index in [1.807, 2.05) is 0 Å². The van der Waals surface area contributed by atoms with Gasteiger partial charge in [0.25, 0.3) is 0 Å². The number of pyridine rings is 2. The van der Waals surface area contributed by atoms with Gasteiger partial charge in [-0.2, -0.15) is 0 Å². The van der Waals surface area contributed by atoms with Crippen LogP contribution < -0.4 is 10.2 Å². The molecule has 2 heterocycles. The fourth-order valence-electron chi connectivity index (χ4n) is 3.11. The van der Waals surface area contributed by atoms with Gasteiger partial charge >= 0.3 is 31.4 Å². The Hall–Kier alpha value is -4.92.